The number of unbranched alkanes of at least 4 members (excludes halogenated alkanes) is 1. The van der Waals surface area contributed by atoms with E-state index in [2.05, 4.69) is 13.8 Å². The van der Waals surface area contributed by atoms with Crippen LogP contribution in [0.3, 0.4) is 0 Å². The van der Waals surface area contributed by atoms with Crippen molar-refractivity contribution in [2.75, 3.05) is 18.1 Å². The Hall–Kier alpha value is -0.220. The Morgan fingerprint density at radius 3 is 2.76 bits per heavy atom. The van der Waals surface area contributed by atoms with Crippen molar-refractivity contribution >= 4 is 17.7 Å². The van der Waals surface area contributed by atoms with Gasteiger partial charge < -0.3 is 9.84 Å². The van der Waals surface area contributed by atoms with E-state index in [9.17, 15) is 9.90 Å². The van der Waals surface area contributed by atoms with E-state index >= 15 is 0 Å². The number of aliphatic hydroxyl groups excluding tert-OH is 1. The molecule has 124 valence electrons. The Kier molecular flexibility index (Phi) is 10.2. The summed E-state index contributed by atoms with van der Waals surface area (Å²) in [7, 11) is 0. The summed E-state index contributed by atoms with van der Waals surface area (Å²) >= 11 is 1.61. The largest absolute Gasteiger partial charge is 0.465 e. The van der Waals surface area contributed by atoms with Gasteiger partial charge in [0, 0.05) is 0 Å². The van der Waals surface area contributed by atoms with Gasteiger partial charge in [-0.15, -0.1) is 11.8 Å². The van der Waals surface area contributed by atoms with Gasteiger partial charge in [0.1, 0.15) is 0 Å². The minimum atomic E-state index is -0.166. The van der Waals surface area contributed by atoms with Crippen LogP contribution in [-0.4, -0.2) is 35.3 Å². The average molecular weight is 317 g/mol. The molecule has 1 N–H and O–H groups in total. The van der Waals surface area contributed by atoms with Crippen molar-refractivity contribution in [1.29, 1.82) is 0 Å². The molecular weight excluding hydrogens is 284 g/mol. The van der Waals surface area contributed by atoms with E-state index in [-0.39, 0.29) is 12.1 Å². The van der Waals surface area contributed by atoms with Crippen LogP contribution in [0.25, 0.3) is 0 Å². The predicted octanol–water partition coefficient (Wildman–Crippen LogP) is 4.03. The standard InChI is InChI=1S/C17H32O3S/c1-3-5-8-14(4-2)11-20-17(19)13-21-12-15-9-6-7-10-16(15)18/h14-16,18H,3-13H2,1-2H3. The first kappa shape index (κ1) is 18.8. The number of hydrogen-bond acceptors (Lipinski definition) is 4. The minimum absolute atomic E-state index is 0.0970. The maximum Gasteiger partial charge on any atom is 0.315 e. The number of carbonyl (C=O) groups excluding carboxylic acids is 1. The smallest absolute Gasteiger partial charge is 0.315 e. The molecular formula is C17H32O3S. The fourth-order valence-corrected chi connectivity index (χ4v) is 3.89. The lowest BCUT2D eigenvalue weighted by Gasteiger charge is -2.27. The number of ether oxygens (including phenoxy) is 1. The lowest BCUT2D eigenvalue weighted by atomic mass is 9.88. The average Bonchev–Trinajstić information content (AvgIpc) is 2.49. The van der Waals surface area contributed by atoms with E-state index in [1.807, 2.05) is 0 Å². The van der Waals surface area contributed by atoms with Crippen molar-refractivity contribution in [2.24, 2.45) is 11.8 Å². The number of thioether (sulfide) groups is 1. The molecule has 0 aromatic heterocycles. The molecule has 1 aliphatic rings. The summed E-state index contributed by atoms with van der Waals surface area (Å²) in [5, 5.41) is 9.90. The Morgan fingerprint density at radius 1 is 1.33 bits per heavy atom. The van der Waals surface area contributed by atoms with Crippen LogP contribution in [0.5, 0.6) is 0 Å². The van der Waals surface area contributed by atoms with Crippen LogP contribution < -0.4 is 0 Å². The lowest BCUT2D eigenvalue weighted by Crippen LogP contribution is -2.26. The summed E-state index contributed by atoms with van der Waals surface area (Å²) in [4.78, 5) is 11.8. The number of esters is 1. The number of carbonyl (C=O) groups is 1. The summed E-state index contributed by atoms with van der Waals surface area (Å²) in [6.07, 6.45) is 8.85. The molecule has 0 amide bonds. The van der Waals surface area contributed by atoms with Crippen LogP contribution in [0.1, 0.15) is 65.2 Å². The minimum Gasteiger partial charge on any atom is -0.465 e. The summed E-state index contributed by atoms with van der Waals surface area (Å²) in [6, 6.07) is 0. The Balaban J connectivity index is 2.10. The SMILES string of the molecule is CCCCC(CC)COC(=O)CSCC1CCCCC1O. The van der Waals surface area contributed by atoms with Crippen LogP contribution in [0.4, 0.5) is 0 Å². The summed E-state index contributed by atoms with van der Waals surface area (Å²) < 4.78 is 5.39. The molecule has 0 saturated heterocycles. The molecule has 1 aliphatic carbocycles. The van der Waals surface area contributed by atoms with Gasteiger partial charge in [0.05, 0.1) is 18.5 Å². The van der Waals surface area contributed by atoms with Crippen molar-refractivity contribution in [3.63, 3.8) is 0 Å². The zero-order chi connectivity index (χ0) is 15.5. The van der Waals surface area contributed by atoms with Crippen LogP contribution in [0.15, 0.2) is 0 Å². The molecule has 21 heavy (non-hydrogen) atoms. The van der Waals surface area contributed by atoms with E-state index in [1.54, 1.807) is 11.8 Å². The second-order valence-electron chi connectivity index (χ2n) is 6.23. The van der Waals surface area contributed by atoms with E-state index in [0.29, 0.717) is 24.2 Å². The Labute approximate surface area is 134 Å². The van der Waals surface area contributed by atoms with Gasteiger partial charge in [0.15, 0.2) is 0 Å². The van der Waals surface area contributed by atoms with Crippen molar-refractivity contribution < 1.29 is 14.6 Å². The molecule has 0 aromatic carbocycles. The summed E-state index contributed by atoms with van der Waals surface area (Å²) in [6.45, 7) is 4.92. The lowest BCUT2D eigenvalue weighted by molar-refractivity contribution is -0.141. The molecule has 0 heterocycles. The Bertz CT molecular complexity index is 283. The zero-order valence-corrected chi connectivity index (χ0v) is 14.5. The quantitative estimate of drug-likeness (QED) is 0.618. The third kappa shape index (κ3) is 8.10. The first-order chi connectivity index (χ1) is 10.2. The predicted molar refractivity (Wildman–Crippen MR) is 89.6 cm³/mol. The van der Waals surface area contributed by atoms with Crippen LogP contribution in [0.2, 0.25) is 0 Å². The highest BCUT2D eigenvalue weighted by molar-refractivity contribution is 7.99. The Morgan fingerprint density at radius 2 is 2.10 bits per heavy atom. The van der Waals surface area contributed by atoms with E-state index in [0.717, 1.165) is 37.9 Å². The van der Waals surface area contributed by atoms with Gasteiger partial charge in [0.25, 0.3) is 0 Å². The van der Waals surface area contributed by atoms with Gasteiger partial charge in [-0.1, -0.05) is 46.0 Å². The summed E-state index contributed by atoms with van der Waals surface area (Å²) in [5.41, 5.74) is 0. The van der Waals surface area contributed by atoms with Crippen molar-refractivity contribution in [2.45, 2.75) is 71.3 Å². The van der Waals surface area contributed by atoms with Crippen LogP contribution in [0, 0.1) is 11.8 Å². The van der Waals surface area contributed by atoms with Crippen molar-refractivity contribution in [3.8, 4) is 0 Å². The molecule has 1 fully saturated rings. The van der Waals surface area contributed by atoms with Crippen LogP contribution in [-0.2, 0) is 9.53 Å². The fraction of sp³-hybridized carbons (Fsp3) is 0.941. The van der Waals surface area contributed by atoms with E-state index < -0.39 is 0 Å². The third-order valence-corrected chi connectivity index (χ3v) is 5.55. The molecule has 1 rings (SSSR count). The second-order valence-corrected chi connectivity index (χ2v) is 7.26. The molecule has 0 bridgehead atoms. The molecule has 0 radical (unpaired) electrons. The highest BCUT2D eigenvalue weighted by Gasteiger charge is 2.23. The number of rotatable bonds is 10. The van der Waals surface area contributed by atoms with Gasteiger partial charge in [0.2, 0.25) is 0 Å². The topological polar surface area (TPSA) is 46.5 Å². The third-order valence-electron chi connectivity index (χ3n) is 4.44. The zero-order valence-electron chi connectivity index (χ0n) is 13.7. The first-order valence-electron chi connectivity index (χ1n) is 8.58. The van der Waals surface area contributed by atoms with Gasteiger partial charge >= 0.3 is 5.97 Å². The highest BCUT2D eigenvalue weighted by atomic mass is 32.2. The molecule has 3 atom stereocenters. The second kappa shape index (κ2) is 11.4. The van der Waals surface area contributed by atoms with E-state index in [1.165, 1.54) is 19.3 Å². The normalized spacial score (nSPS) is 23.8. The molecule has 3 unspecified atom stereocenters. The van der Waals surface area contributed by atoms with Crippen molar-refractivity contribution in [1.82, 2.24) is 0 Å². The molecule has 0 aromatic rings. The molecule has 3 nitrogen and oxygen atoms in total. The van der Waals surface area contributed by atoms with Gasteiger partial charge in [-0.3, -0.25) is 4.79 Å². The van der Waals surface area contributed by atoms with Crippen LogP contribution >= 0.6 is 11.8 Å². The molecule has 4 heteroatoms. The maximum atomic E-state index is 11.8. The molecule has 0 spiro atoms. The maximum absolute atomic E-state index is 11.8. The van der Waals surface area contributed by atoms with Gasteiger partial charge in [-0.25, -0.2) is 0 Å². The van der Waals surface area contributed by atoms with Gasteiger partial charge in [-0.2, -0.15) is 0 Å². The fourth-order valence-electron chi connectivity index (χ4n) is 2.83. The van der Waals surface area contributed by atoms with Crippen molar-refractivity contribution in [3.05, 3.63) is 0 Å². The highest BCUT2D eigenvalue weighted by Crippen LogP contribution is 2.27. The first-order valence-corrected chi connectivity index (χ1v) is 9.74. The number of hydrogen-bond donors (Lipinski definition) is 1. The van der Waals surface area contributed by atoms with E-state index in [4.69, 9.17) is 4.74 Å². The number of aliphatic hydroxyl groups is 1. The molecule has 0 aliphatic heterocycles. The monoisotopic (exact) mass is 316 g/mol. The molecule has 1 saturated carbocycles. The van der Waals surface area contributed by atoms with Gasteiger partial charge in [-0.05, 0) is 36.9 Å². The summed E-state index contributed by atoms with van der Waals surface area (Å²) in [5.74, 6) is 2.08.